The van der Waals surface area contributed by atoms with Crippen LogP contribution in [0.15, 0.2) is 42.5 Å². The number of hydrogen-bond donors (Lipinski definition) is 2. The lowest BCUT2D eigenvalue weighted by Gasteiger charge is -2.20. The molecule has 0 aliphatic carbocycles. The van der Waals surface area contributed by atoms with E-state index in [9.17, 15) is 10.1 Å². The Bertz CT molecular complexity index is 982. The predicted octanol–water partition coefficient (Wildman–Crippen LogP) is 6.69. The normalized spacial score (nSPS) is 11.8. The van der Waals surface area contributed by atoms with Crippen LogP contribution in [0.5, 0.6) is 0 Å². The van der Waals surface area contributed by atoms with Crippen molar-refractivity contribution >= 4 is 11.7 Å². The van der Waals surface area contributed by atoms with Crippen molar-refractivity contribution in [2.45, 2.75) is 59.8 Å². The highest BCUT2D eigenvalue weighted by Crippen LogP contribution is 2.35. The number of hydrogen-bond acceptors (Lipinski definition) is 3. The minimum absolute atomic E-state index is 0.0634. The van der Waals surface area contributed by atoms with E-state index in [-0.39, 0.29) is 12.1 Å². The number of nitrogens with one attached hydrogen (secondary N) is 1. The summed E-state index contributed by atoms with van der Waals surface area (Å²) in [6, 6.07) is 12.9. The summed E-state index contributed by atoms with van der Waals surface area (Å²) < 4.78 is 0. The molecule has 0 saturated carbocycles. The van der Waals surface area contributed by atoms with Crippen LogP contribution in [0.3, 0.4) is 0 Å². The molecule has 0 spiro atoms. The fourth-order valence-corrected chi connectivity index (χ4v) is 3.64. The molecule has 0 fully saturated rings. The summed E-state index contributed by atoms with van der Waals surface area (Å²) in [5.74, 6) is -0.0100. The molecule has 0 aromatic heterocycles. The first-order valence-corrected chi connectivity index (χ1v) is 11.0. The van der Waals surface area contributed by atoms with Crippen molar-refractivity contribution in [3.63, 3.8) is 0 Å². The van der Waals surface area contributed by atoms with Gasteiger partial charge in [-0.05, 0) is 65.5 Å². The molecule has 4 heteroatoms. The smallest absolute Gasteiger partial charge is 0.332 e. The maximum absolute atomic E-state index is 11.2. The second-order valence-electron chi connectivity index (χ2n) is 8.65. The number of nitriles is 1. The van der Waals surface area contributed by atoms with Gasteiger partial charge in [0.15, 0.2) is 0 Å². The largest absolute Gasteiger partial charge is 0.478 e. The maximum atomic E-state index is 11.2. The number of aliphatic carboxylic acids is 1. The summed E-state index contributed by atoms with van der Waals surface area (Å²) >= 11 is 0. The molecule has 0 heterocycles. The highest BCUT2D eigenvalue weighted by Gasteiger charge is 2.18. The van der Waals surface area contributed by atoms with Crippen LogP contribution in [0.2, 0.25) is 0 Å². The second-order valence-corrected chi connectivity index (χ2v) is 8.65. The zero-order chi connectivity index (χ0) is 23.1. The maximum Gasteiger partial charge on any atom is 0.332 e. The van der Waals surface area contributed by atoms with Crippen LogP contribution in [-0.4, -0.2) is 17.6 Å². The van der Waals surface area contributed by atoms with Crippen LogP contribution in [-0.2, 0) is 11.2 Å². The molecule has 1 unspecified atom stereocenters. The van der Waals surface area contributed by atoms with Crippen LogP contribution in [0.1, 0.15) is 68.7 Å². The highest BCUT2D eigenvalue weighted by atomic mass is 16.4. The summed E-state index contributed by atoms with van der Waals surface area (Å²) in [6.45, 7) is 14.5. The van der Waals surface area contributed by atoms with Crippen molar-refractivity contribution in [1.29, 1.82) is 5.26 Å². The van der Waals surface area contributed by atoms with E-state index in [2.05, 4.69) is 76.8 Å². The minimum Gasteiger partial charge on any atom is -0.478 e. The molecule has 0 aliphatic rings. The minimum atomic E-state index is -1.04. The molecule has 0 bridgehead atoms. The van der Waals surface area contributed by atoms with Gasteiger partial charge in [0.05, 0.1) is 11.3 Å². The van der Waals surface area contributed by atoms with Gasteiger partial charge in [0.25, 0.3) is 0 Å². The van der Waals surface area contributed by atoms with Crippen molar-refractivity contribution < 1.29 is 9.90 Å². The van der Waals surface area contributed by atoms with E-state index >= 15 is 0 Å². The first-order valence-electron chi connectivity index (χ1n) is 11.0. The predicted molar refractivity (Wildman–Crippen MR) is 128 cm³/mol. The Morgan fingerprint density at radius 3 is 2.39 bits per heavy atom. The fraction of sp³-hybridized carbons (Fsp3) is 0.407. The lowest BCUT2D eigenvalue weighted by molar-refractivity contribution is -0.132. The standard InChI is InChI=1S/C27H34N2O2/c1-7-18(4)8-13-23-20(6)24(22-11-9-21(10-12-22)17(2)3)14-26(25(23)15-28)29-16-19(5)27(30)31/h9-12,14,17-18,29H,5,7-8,13,16H2,1-4,6H3,(H,30,31). The van der Waals surface area contributed by atoms with Crippen molar-refractivity contribution in [1.82, 2.24) is 0 Å². The zero-order valence-electron chi connectivity index (χ0n) is 19.4. The van der Waals surface area contributed by atoms with Gasteiger partial charge in [0, 0.05) is 12.1 Å². The van der Waals surface area contributed by atoms with Gasteiger partial charge in [0.1, 0.15) is 6.07 Å². The average Bonchev–Trinajstić information content (AvgIpc) is 2.76. The summed E-state index contributed by atoms with van der Waals surface area (Å²) in [5, 5.41) is 22.3. The van der Waals surface area contributed by atoms with E-state index in [0.717, 1.165) is 41.5 Å². The van der Waals surface area contributed by atoms with E-state index < -0.39 is 5.97 Å². The van der Waals surface area contributed by atoms with Crippen molar-refractivity contribution in [2.24, 2.45) is 5.92 Å². The van der Waals surface area contributed by atoms with Gasteiger partial charge < -0.3 is 10.4 Å². The summed E-state index contributed by atoms with van der Waals surface area (Å²) in [5.41, 5.74) is 6.92. The Kier molecular flexibility index (Phi) is 8.45. The number of carbonyl (C=O) groups is 1. The third kappa shape index (κ3) is 5.98. The quantitative estimate of drug-likeness (QED) is 0.422. The molecule has 2 aromatic carbocycles. The lowest BCUT2D eigenvalue weighted by atomic mass is 9.87. The molecule has 164 valence electrons. The van der Waals surface area contributed by atoms with Gasteiger partial charge in [-0.3, -0.25) is 0 Å². The molecule has 0 aliphatic heterocycles. The van der Waals surface area contributed by atoms with Gasteiger partial charge in [-0.15, -0.1) is 0 Å². The monoisotopic (exact) mass is 418 g/mol. The SMILES string of the molecule is C=C(CNc1cc(-c2ccc(C(C)C)cc2)c(C)c(CCC(C)CC)c1C#N)C(=O)O. The van der Waals surface area contributed by atoms with E-state index in [1.165, 1.54) is 5.56 Å². The lowest BCUT2D eigenvalue weighted by Crippen LogP contribution is -2.13. The molecular weight excluding hydrogens is 384 g/mol. The van der Waals surface area contributed by atoms with Gasteiger partial charge >= 0.3 is 5.97 Å². The van der Waals surface area contributed by atoms with Gasteiger partial charge in [0.2, 0.25) is 0 Å². The molecule has 0 radical (unpaired) electrons. The van der Waals surface area contributed by atoms with Crippen molar-refractivity contribution in [3.8, 4) is 17.2 Å². The molecule has 0 amide bonds. The Morgan fingerprint density at radius 2 is 1.87 bits per heavy atom. The molecule has 2 N–H and O–H groups in total. The average molecular weight is 419 g/mol. The second kappa shape index (κ2) is 10.8. The molecule has 31 heavy (non-hydrogen) atoms. The first kappa shape index (κ1) is 24.2. The number of nitrogens with zero attached hydrogens (tertiary/aromatic N) is 1. The van der Waals surface area contributed by atoms with E-state index in [4.69, 9.17) is 5.11 Å². The van der Waals surface area contributed by atoms with Crippen LogP contribution >= 0.6 is 0 Å². The summed E-state index contributed by atoms with van der Waals surface area (Å²) in [7, 11) is 0. The molecule has 2 aromatic rings. The molecule has 1 atom stereocenters. The fourth-order valence-electron chi connectivity index (χ4n) is 3.64. The molecule has 0 saturated heterocycles. The molecule has 4 nitrogen and oxygen atoms in total. The van der Waals surface area contributed by atoms with Gasteiger partial charge in [-0.2, -0.15) is 5.26 Å². The third-order valence-corrected chi connectivity index (χ3v) is 6.10. The molecular formula is C27H34N2O2. The van der Waals surface area contributed by atoms with Gasteiger partial charge in [-0.1, -0.05) is 65.0 Å². The van der Waals surface area contributed by atoms with Crippen LogP contribution in [0.4, 0.5) is 5.69 Å². The highest BCUT2D eigenvalue weighted by molar-refractivity contribution is 5.87. The van der Waals surface area contributed by atoms with E-state index in [1.54, 1.807) is 0 Å². The summed E-state index contributed by atoms with van der Waals surface area (Å²) in [4.78, 5) is 11.2. The molecule has 2 rings (SSSR count). The Balaban J connectivity index is 2.57. The summed E-state index contributed by atoms with van der Waals surface area (Å²) in [6.07, 6.45) is 2.92. The first-order chi connectivity index (χ1) is 14.7. The third-order valence-electron chi connectivity index (χ3n) is 6.10. The number of rotatable bonds is 10. The zero-order valence-corrected chi connectivity index (χ0v) is 19.4. The Hall–Kier alpha value is -3.06. The van der Waals surface area contributed by atoms with Gasteiger partial charge in [-0.25, -0.2) is 4.79 Å². The van der Waals surface area contributed by atoms with Crippen molar-refractivity contribution in [2.75, 3.05) is 11.9 Å². The van der Waals surface area contributed by atoms with E-state index in [0.29, 0.717) is 23.1 Å². The number of benzene rings is 2. The van der Waals surface area contributed by atoms with Crippen LogP contribution in [0.25, 0.3) is 11.1 Å². The van der Waals surface area contributed by atoms with Crippen molar-refractivity contribution in [3.05, 3.63) is 64.7 Å². The van der Waals surface area contributed by atoms with Crippen LogP contribution in [0, 0.1) is 24.2 Å². The Morgan fingerprint density at radius 1 is 1.23 bits per heavy atom. The van der Waals surface area contributed by atoms with E-state index in [1.807, 2.05) is 6.07 Å². The topological polar surface area (TPSA) is 73.1 Å². The number of carboxylic acid groups (broad SMARTS) is 1. The Labute approximate surface area is 186 Å². The number of anilines is 1. The van der Waals surface area contributed by atoms with Crippen LogP contribution < -0.4 is 5.32 Å². The number of carboxylic acids is 1.